The summed E-state index contributed by atoms with van der Waals surface area (Å²) in [6, 6.07) is 3.43. The number of aryl methyl sites for hydroxylation is 1. The summed E-state index contributed by atoms with van der Waals surface area (Å²) in [6.45, 7) is 2.49. The standard InChI is InChI=1S/C12H18N2O3S2/c1-9-4-5-11(18-9)7-13-12(15)14-10-3-2-6-19(16,17)8-10/h4-5,10H,2-3,6-8H2,1H3,(H2,13,14,15)/t10-/m0/s1. The summed E-state index contributed by atoms with van der Waals surface area (Å²) in [5.74, 6) is 0.291. The van der Waals surface area contributed by atoms with Gasteiger partial charge in [0.2, 0.25) is 0 Å². The number of sulfone groups is 1. The predicted octanol–water partition coefficient (Wildman–Crippen LogP) is 1.43. The van der Waals surface area contributed by atoms with Gasteiger partial charge in [-0.3, -0.25) is 0 Å². The van der Waals surface area contributed by atoms with Crippen molar-refractivity contribution in [2.45, 2.75) is 32.4 Å². The van der Waals surface area contributed by atoms with Crippen LogP contribution in [0, 0.1) is 6.92 Å². The fourth-order valence-corrected chi connectivity index (χ4v) is 4.59. The van der Waals surface area contributed by atoms with E-state index in [1.807, 2.05) is 19.1 Å². The van der Waals surface area contributed by atoms with Crippen LogP contribution >= 0.6 is 11.3 Å². The Kier molecular flexibility index (Phi) is 4.46. The summed E-state index contributed by atoms with van der Waals surface area (Å²) in [5, 5.41) is 5.48. The average Bonchev–Trinajstić information content (AvgIpc) is 2.71. The number of thiophene rings is 1. The van der Waals surface area contributed by atoms with Gasteiger partial charge in [-0.15, -0.1) is 11.3 Å². The second kappa shape index (κ2) is 5.92. The smallest absolute Gasteiger partial charge is 0.315 e. The molecule has 5 nitrogen and oxygen atoms in total. The van der Waals surface area contributed by atoms with E-state index in [0.717, 1.165) is 11.3 Å². The number of nitrogens with one attached hydrogen (secondary N) is 2. The van der Waals surface area contributed by atoms with E-state index in [9.17, 15) is 13.2 Å². The van der Waals surface area contributed by atoms with Crippen molar-refractivity contribution in [2.75, 3.05) is 11.5 Å². The van der Waals surface area contributed by atoms with Gasteiger partial charge >= 0.3 is 6.03 Å². The third-order valence-electron chi connectivity index (χ3n) is 3.02. The summed E-state index contributed by atoms with van der Waals surface area (Å²) >= 11 is 1.64. The lowest BCUT2D eigenvalue weighted by Gasteiger charge is -2.23. The Morgan fingerprint density at radius 3 is 2.89 bits per heavy atom. The van der Waals surface area contributed by atoms with E-state index in [1.165, 1.54) is 4.88 Å². The van der Waals surface area contributed by atoms with E-state index in [-0.39, 0.29) is 23.6 Å². The highest BCUT2D eigenvalue weighted by Gasteiger charge is 2.25. The molecule has 1 fully saturated rings. The third-order valence-corrected chi connectivity index (χ3v) is 5.84. The van der Waals surface area contributed by atoms with Crippen molar-refractivity contribution in [2.24, 2.45) is 0 Å². The Bertz CT molecular complexity index is 551. The van der Waals surface area contributed by atoms with Gasteiger partial charge in [-0.25, -0.2) is 13.2 Å². The highest BCUT2D eigenvalue weighted by Crippen LogP contribution is 2.14. The van der Waals surface area contributed by atoms with E-state index < -0.39 is 9.84 Å². The number of carbonyl (C=O) groups is 1. The second-order valence-electron chi connectivity index (χ2n) is 4.79. The van der Waals surface area contributed by atoms with Gasteiger partial charge in [-0.05, 0) is 31.9 Å². The van der Waals surface area contributed by atoms with Gasteiger partial charge in [0.25, 0.3) is 0 Å². The van der Waals surface area contributed by atoms with Gasteiger partial charge in [0.1, 0.15) is 0 Å². The monoisotopic (exact) mass is 302 g/mol. The van der Waals surface area contributed by atoms with Crippen LogP contribution in [0.25, 0.3) is 0 Å². The number of rotatable bonds is 3. The van der Waals surface area contributed by atoms with E-state index in [0.29, 0.717) is 13.0 Å². The Hall–Kier alpha value is -1.08. The average molecular weight is 302 g/mol. The summed E-state index contributed by atoms with van der Waals surface area (Å²) < 4.78 is 22.9. The van der Waals surface area contributed by atoms with Gasteiger partial charge < -0.3 is 10.6 Å². The summed E-state index contributed by atoms with van der Waals surface area (Å²) in [7, 11) is -2.98. The molecule has 2 rings (SSSR count). The first kappa shape index (κ1) is 14.3. The molecule has 0 spiro atoms. The number of hydrogen-bond acceptors (Lipinski definition) is 4. The Morgan fingerprint density at radius 1 is 1.47 bits per heavy atom. The van der Waals surface area contributed by atoms with Crippen LogP contribution in [0.15, 0.2) is 12.1 Å². The van der Waals surface area contributed by atoms with Gasteiger partial charge in [0, 0.05) is 15.8 Å². The lowest BCUT2D eigenvalue weighted by atomic mass is 10.2. The zero-order valence-electron chi connectivity index (χ0n) is 10.8. The zero-order chi connectivity index (χ0) is 13.9. The van der Waals surface area contributed by atoms with Crippen LogP contribution in [-0.4, -0.2) is 32.0 Å². The molecule has 0 bridgehead atoms. The lowest BCUT2D eigenvalue weighted by molar-refractivity contribution is 0.236. The van der Waals surface area contributed by atoms with E-state index in [2.05, 4.69) is 10.6 Å². The highest BCUT2D eigenvalue weighted by molar-refractivity contribution is 7.91. The normalized spacial score (nSPS) is 21.8. The molecule has 1 aliphatic heterocycles. The SMILES string of the molecule is Cc1ccc(CNC(=O)N[C@H]2CCCS(=O)(=O)C2)s1. The number of urea groups is 1. The minimum atomic E-state index is -2.98. The molecule has 0 saturated carbocycles. The summed E-state index contributed by atoms with van der Waals surface area (Å²) in [6.07, 6.45) is 1.35. The van der Waals surface area contributed by atoms with Crippen LogP contribution in [0.5, 0.6) is 0 Å². The Labute approximate surface area is 117 Å². The quantitative estimate of drug-likeness (QED) is 0.887. The molecule has 1 aromatic rings. The topological polar surface area (TPSA) is 75.3 Å². The van der Waals surface area contributed by atoms with Crippen molar-refractivity contribution >= 4 is 27.2 Å². The molecule has 2 heterocycles. The van der Waals surface area contributed by atoms with Crippen LogP contribution in [0.3, 0.4) is 0 Å². The molecule has 19 heavy (non-hydrogen) atoms. The largest absolute Gasteiger partial charge is 0.334 e. The molecule has 2 amide bonds. The molecule has 106 valence electrons. The molecule has 0 radical (unpaired) electrons. The van der Waals surface area contributed by atoms with Crippen LogP contribution in [0.1, 0.15) is 22.6 Å². The molecule has 2 N–H and O–H groups in total. The Morgan fingerprint density at radius 2 is 2.26 bits per heavy atom. The molecule has 7 heteroatoms. The van der Waals surface area contributed by atoms with Gasteiger partial charge in [-0.1, -0.05) is 0 Å². The first-order valence-electron chi connectivity index (χ1n) is 6.25. The molecule has 1 atom stereocenters. The molecule has 0 aliphatic carbocycles. The maximum atomic E-state index is 11.7. The van der Waals surface area contributed by atoms with Crippen molar-refractivity contribution in [3.8, 4) is 0 Å². The van der Waals surface area contributed by atoms with Crippen molar-refractivity contribution in [3.05, 3.63) is 21.9 Å². The molecule has 0 unspecified atom stereocenters. The number of carbonyl (C=O) groups excluding carboxylic acids is 1. The van der Waals surface area contributed by atoms with Crippen LogP contribution < -0.4 is 10.6 Å². The summed E-state index contributed by atoms with van der Waals surface area (Å²) in [4.78, 5) is 14.0. The molecular weight excluding hydrogens is 284 g/mol. The van der Waals surface area contributed by atoms with Crippen molar-refractivity contribution in [1.82, 2.24) is 10.6 Å². The number of hydrogen-bond donors (Lipinski definition) is 2. The van der Waals surface area contributed by atoms with E-state index in [1.54, 1.807) is 11.3 Å². The van der Waals surface area contributed by atoms with E-state index in [4.69, 9.17) is 0 Å². The van der Waals surface area contributed by atoms with Gasteiger partial charge in [-0.2, -0.15) is 0 Å². The maximum Gasteiger partial charge on any atom is 0.315 e. The van der Waals surface area contributed by atoms with Crippen molar-refractivity contribution < 1.29 is 13.2 Å². The number of amides is 2. The first-order chi connectivity index (χ1) is 8.94. The molecule has 1 aliphatic rings. The minimum Gasteiger partial charge on any atom is -0.334 e. The maximum absolute atomic E-state index is 11.7. The fourth-order valence-electron chi connectivity index (χ4n) is 2.12. The van der Waals surface area contributed by atoms with Crippen molar-refractivity contribution in [1.29, 1.82) is 0 Å². The van der Waals surface area contributed by atoms with Crippen molar-refractivity contribution in [3.63, 3.8) is 0 Å². The Balaban J connectivity index is 1.78. The van der Waals surface area contributed by atoms with Gasteiger partial charge in [0.05, 0.1) is 18.1 Å². The van der Waals surface area contributed by atoms with Gasteiger partial charge in [0.15, 0.2) is 9.84 Å². The lowest BCUT2D eigenvalue weighted by Crippen LogP contribution is -2.47. The second-order valence-corrected chi connectivity index (χ2v) is 8.39. The van der Waals surface area contributed by atoms with Crippen LogP contribution in [-0.2, 0) is 16.4 Å². The minimum absolute atomic E-state index is 0.0541. The summed E-state index contributed by atoms with van der Waals surface area (Å²) in [5.41, 5.74) is 0. The highest BCUT2D eigenvalue weighted by atomic mass is 32.2. The molecule has 1 saturated heterocycles. The van der Waals surface area contributed by atoms with Crippen LogP contribution in [0.4, 0.5) is 4.79 Å². The molecular formula is C12H18N2O3S2. The van der Waals surface area contributed by atoms with E-state index >= 15 is 0 Å². The first-order valence-corrected chi connectivity index (χ1v) is 8.88. The van der Waals surface area contributed by atoms with Crippen LogP contribution in [0.2, 0.25) is 0 Å². The third kappa shape index (κ3) is 4.50. The predicted molar refractivity (Wildman–Crippen MR) is 76.1 cm³/mol. The fraction of sp³-hybridized carbons (Fsp3) is 0.583. The molecule has 1 aromatic heterocycles. The molecule has 0 aromatic carbocycles. The zero-order valence-corrected chi connectivity index (χ0v) is 12.4.